The van der Waals surface area contributed by atoms with Crippen LogP contribution in [0.15, 0.2) is 24.3 Å². The van der Waals surface area contributed by atoms with Crippen LogP contribution >= 0.6 is 12.4 Å². The first kappa shape index (κ1) is 19.8. The molecule has 0 radical (unpaired) electrons. The average Bonchev–Trinajstić information content (AvgIpc) is 2.55. The monoisotopic (exact) mass is 340 g/mol. The lowest BCUT2D eigenvalue weighted by Gasteiger charge is -2.23. The van der Waals surface area contributed by atoms with Crippen LogP contribution < -0.4 is 15.4 Å². The van der Waals surface area contributed by atoms with E-state index in [4.69, 9.17) is 4.74 Å². The molecule has 1 fully saturated rings. The summed E-state index contributed by atoms with van der Waals surface area (Å²) < 4.78 is 5.64. The first-order chi connectivity index (χ1) is 10.7. The largest absolute Gasteiger partial charge is 0.494 e. The van der Waals surface area contributed by atoms with Crippen molar-refractivity contribution in [1.29, 1.82) is 0 Å². The van der Waals surface area contributed by atoms with Gasteiger partial charge in [0.1, 0.15) is 5.75 Å². The van der Waals surface area contributed by atoms with Crippen molar-refractivity contribution < 1.29 is 9.53 Å². The third-order valence-electron chi connectivity index (χ3n) is 4.30. The van der Waals surface area contributed by atoms with Gasteiger partial charge in [-0.3, -0.25) is 4.79 Å². The van der Waals surface area contributed by atoms with Crippen molar-refractivity contribution in [2.24, 2.45) is 5.92 Å². The molecule has 5 heteroatoms. The van der Waals surface area contributed by atoms with E-state index in [2.05, 4.69) is 10.6 Å². The summed E-state index contributed by atoms with van der Waals surface area (Å²) in [6.45, 7) is 6.79. The number of hydrogen-bond acceptors (Lipinski definition) is 3. The molecule has 1 amide bonds. The summed E-state index contributed by atoms with van der Waals surface area (Å²) in [6.07, 6.45) is 3.99. The first-order valence-electron chi connectivity index (χ1n) is 8.42. The SMILES string of the molecule is CCOc1ccccc1C(C)NC(=O)CCC1CCNCC1.Cl. The molecule has 0 aliphatic carbocycles. The number of benzene rings is 1. The lowest BCUT2D eigenvalue weighted by Crippen LogP contribution is -2.30. The fourth-order valence-corrected chi connectivity index (χ4v) is 3.02. The van der Waals surface area contributed by atoms with Gasteiger partial charge in [-0.15, -0.1) is 12.4 Å². The van der Waals surface area contributed by atoms with Gasteiger partial charge in [0, 0.05) is 12.0 Å². The van der Waals surface area contributed by atoms with Gasteiger partial charge in [-0.2, -0.15) is 0 Å². The number of hydrogen-bond donors (Lipinski definition) is 2. The van der Waals surface area contributed by atoms with Gasteiger partial charge >= 0.3 is 0 Å². The van der Waals surface area contributed by atoms with E-state index in [1.54, 1.807) is 0 Å². The number of ether oxygens (including phenoxy) is 1. The summed E-state index contributed by atoms with van der Waals surface area (Å²) in [5.74, 6) is 1.69. The Bertz CT molecular complexity index is 476. The molecule has 2 N–H and O–H groups in total. The van der Waals surface area contributed by atoms with Crippen LogP contribution in [-0.4, -0.2) is 25.6 Å². The molecule has 23 heavy (non-hydrogen) atoms. The van der Waals surface area contributed by atoms with Crippen molar-refractivity contribution in [3.05, 3.63) is 29.8 Å². The molecular weight excluding hydrogens is 312 g/mol. The Kier molecular flexibility index (Phi) is 9.03. The van der Waals surface area contributed by atoms with Gasteiger partial charge in [0.05, 0.1) is 12.6 Å². The number of carbonyl (C=O) groups is 1. The molecule has 1 aromatic carbocycles. The number of carbonyl (C=O) groups excluding carboxylic acids is 1. The average molecular weight is 341 g/mol. The standard InChI is InChI=1S/C18H28N2O2.ClH/c1-3-22-17-7-5-4-6-16(17)14(2)20-18(21)9-8-15-10-12-19-13-11-15;/h4-7,14-15,19H,3,8-13H2,1-2H3,(H,20,21);1H. The van der Waals surface area contributed by atoms with Crippen molar-refractivity contribution in [3.63, 3.8) is 0 Å². The van der Waals surface area contributed by atoms with E-state index in [1.165, 1.54) is 12.8 Å². The summed E-state index contributed by atoms with van der Waals surface area (Å²) in [5, 5.41) is 6.46. The Morgan fingerprint density at radius 2 is 2.04 bits per heavy atom. The Labute approximate surface area is 145 Å². The Morgan fingerprint density at radius 1 is 1.35 bits per heavy atom. The predicted molar refractivity (Wildman–Crippen MR) is 96.2 cm³/mol. The minimum absolute atomic E-state index is 0. The molecule has 0 spiro atoms. The molecule has 1 aliphatic rings. The first-order valence-corrected chi connectivity index (χ1v) is 8.42. The zero-order valence-electron chi connectivity index (χ0n) is 14.1. The topological polar surface area (TPSA) is 50.4 Å². The second-order valence-corrected chi connectivity index (χ2v) is 5.99. The van der Waals surface area contributed by atoms with Crippen molar-refractivity contribution >= 4 is 18.3 Å². The molecule has 2 rings (SSSR count). The molecule has 1 saturated heterocycles. The van der Waals surface area contributed by atoms with Crippen molar-refractivity contribution in [1.82, 2.24) is 10.6 Å². The van der Waals surface area contributed by atoms with Gasteiger partial charge in [-0.05, 0) is 58.2 Å². The molecule has 0 saturated carbocycles. The Morgan fingerprint density at radius 3 is 2.74 bits per heavy atom. The fraction of sp³-hybridized carbons (Fsp3) is 0.611. The third-order valence-corrected chi connectivity index (χ3v) is 4.30. The molecule has 1 atom stereocenters. The summed E-state index contributed by atoms with van der Waals surface area (Å²) in [6, 6.07) is 7.89. The molecule has 1 aliphatic heterocycles. The number of rotatable bonds is 7. The minimum Gasteiger partial charge on any atom is -0.494 e. The molecule has 1 unspecified atom stereocenters. The van der Waals surface area contributed by atoms with Crippen LogP contribution in [0.2, 0.25) is 0 Å². The maximum absolute atomic E-state index is 12.2. The fourth-order valence-electron chi connectivity index (χ4n) is 3.02. The van der Waals surface area contributed by atoms with Gasteiger partial charge in [-0.25, -0.2) is 0 Å². The Hall–Kier alpha value is -1.26. The maximum atomic E-state index is 12.2. The van der Waals surface area contributed by atoms with Gasteiger partial charge < -0.3 is 15.4 Å². The van der Waals surface area contributed by atoms with E-state index >= 15 is 0 Å². The molecule has 0 bridgehead atoms. The smallest absolute Gasteiger partial charge is 0.220 e. The van der Waals surface area contributed by atoms with Crippen LogP contribution in [-0.2, 0) is 4.79 Å². The molecule has 130 valence electrons. The quantitative estimate of drug-likeness (QED) is 0.799. The van der Waals surface area contributed by atoms with E-state index in [0.29, 0.717) is 18.9 Å². The lowest BCUT2D eigenvalue weighted by atomic mass is 9.93. The van der Waals surface area contributed by atoms with Gasteiger partial charge in [0.2, 0.25) is 5.91 Å². The van der Waals surface area contributed by atoms with Gasteiger partial charge in [0.15, 0.2) is 0 Å². The summed E-state index contributed by atoms with van der Waals surface area (Å²) >= 11 is 0. The van der Waals surface area contributed by atoms with Crippen LogP contribution in [0.25, 0.3) is 0 Å². The zero-order valence-corrected chi connectivity index (χ0v) is 15.0. The minimum atomic E-state index is -0.0247. The zero-order chi connectivity index (χ0) is 15.8. The summed E-state index contributed by atoms with van der Waals surface area (Å²) in [7, 11) is 0. The normalized spacial score (nSPS) is 16.3. The van der Waals surface area contributed by atoms with Crippen molar-refractivity contribution in [2.75, 3.05) is 19.7 Å². The predicted octanol–water partition coefficient (Wildman–Crippen LogP) is 3.46. The highest BCUT2D eigenvalue weighted by Crippen LogP contribution is 2.25. The molecular formula is C18H29ClN2O2. The van der Waals surface area contributed by atoms with E-state index < -0.39 is 0 Å². The van der Waals surface area contributed by atoms with Gasteiger partial charge in [-0.1, -0.05) is 18.2 Å². The van der Waals surface area contributed by atoms with Crippen LogP contribution in [0.4, 0.5) is 0 Å². The van der Waals surface area contributed by atoms with Crippen LogP contribution in [0.3, 0.4) is 0 Å². The van der Waals surface area contributed by atoms with E-state index in [9.17, 15) is 4.79 Å². The van der Waals surface area contributed by atoms with E-state index in [-0.39, 0.29) is 24.4 Å². The highest BCUT2D eigenvalue weighted by Gasteiger charge is 2.17. The Balaban J connectivity index is 0.00000264. The lowest BCUT2D eigenvalue weighted by molar-refractivity contribution is -0.122. The van der Waals surface area contributed by atoms with Crippen LogP contribution in [0.5, 0.6) is 5.75 Å². The number of halogens is 1. The maximum Gasteiger partial charge on any atom is 0.220 e. The van der Waals surface area contributed by atoms with E-state index in [0.717, 1.165) is 30.8 Å². The molecule has 1 heterocycles. The number of para-hydroxylation sites is 1. The van der Waals surface area contributed by atoms with E-state index in [1.807, 2.05) is 38.1 Å². The molecule has 1 aromatic rings. The summed E-state index contributed by atoms with van der Waals surface area (Å²) in [4.78, 5) is 12.2. The molecule has 0 aromatic heterocycles. The second-order valence-electron chi connectivity index (χ2n) is 5.99. The third kappa shape index (κ3) is 6.40. The number of piperidine rings is 1. The van der Waals surface area contributed by atoms with Crippen LogP contribution in [0.1, 0.15) is 51.1 Å². The molecule has 4 nitrogen and oxygen atoms in total. The van der Waals surface area contributed by atoms with Crippen molar-refractivity contribution in [2.45, 2.75) is 45.6 Å². The number of amides is 1. The number of nitrogens with one attached hydrogen (secondary N) is 2. The van der Waals surface area contributed by atoms with Gasteiger partial charge in [0.25, 0.3) is 0 Å². The van der Waals surface area contributed by atoms with Crippen LogP contribution in [0, 0.1) is 5.92 Å². The second kappa shape index (κ2) is 10.5. The van der Waals surface area contributed by atoms with Crippen molar-refractivity contribution in [3.8, 4) is 5.75 Å². The highest BCUT2D eigenvalue weighted by atomic mass is 35.5. The summed E-state index contributed by atoms with van der Waals surface area (Å²) in [5.41, 5.74) is 1.04. The highest BCUT2D eigenvalue weighted by molar-refractivity contribution is 5.85.